The van der Waals surface area contributed by atoms with Crippen LogP contribution >= 0.6 is 0 Å². The van der Waals surface area contributed by atoms with Gasteiger partial charge in [0, 0.05) is 12.2 Å². The number of hydrogen-bond acceptors (Lipinski definition) is 6. The van der Waals surface area contributed by atoms with Gasteiger partial charge in [0.15, 0.2) is 6.61 Å². The topological polar surface area (TPSA) is 92.8 Å². The van der Waals surface area contributed by atoms with E-state index in [1.165, 1.54) is 35.2 Å². The second-order valence-corrected chi connectivity index (χ2v) is 6.37. The van der Waals surface area contributed by atoms with E-state index in [-0.39, 0.29) is 31.1 Å². The zero-order valence-corrected chi connectivity index (χ0v) is 16.5. The van der Waals surface area contributed by atoms with Crippen molar-refractivity contribution >= 4 is 17.6 Å². The molecular formula is C23H19FN2O5. The van der Waals surface area contributed by atoms with Crippen LogP contribution in [0.2, 0.25) is 0 Å². The molecule has 2 aromatic carbocycles. The van der Waals surface area contributed by atoms with Gasteiger partial charge in [-0.15, -0.1) is 0 Å². The number of esters is 1. The molecule has 3 rings (SSSR count). The second kappa shape index (κ2) is 10.6. The van der Waals surface area contributed by atoms with E-state index in [1.54, 1.807) is 30.3 Å². The average Bonchev–Trinajstić information content (AvgIpc) is 3.27. The van der Waals surface area contributed by atoms with E-state index in [9.17, 15) is 14.0 Å². The van der Waals surface area contributed by atoms with Gasteiger partial charge in [0.05, 0.1) is 12.5 Å². The van der Waals surface area contributed by atoms with Crippen molar-refractivity contribution < 1.29 is 27.9 Å². The molecule has 0 aliphatic rings. The van der Waals surface area contributed by atoms with Gasteiger partial charge in [-0.05, 0) is 48.5 Å². The van der Waals surface area contributed by atoms with Crippen LogP contribution in [0.1, 0.15) is 22.7 Å². The summed E-state index contributed by atoms with van der Waals surface area (Å²) in [4.78, 5) is 26.2. The van der Waals surface area contributed by atoms with Crippen molar-refractivity contribution in [3.05, 3.63) is 84.1 Å². The van der Waals surface area contributed by atoms with Crippen LogP contribution in [-0.4, -0.2) is 25.0 Å². The highest BCUT2D eigenvalue weighted by Gasteiger charge is 2.19. The lowest BCUT2D eigenvalue weighted by Crippen LogP contribution is -2.35. The van der Waals surface area contributed by atoms with Gasteiger partial charge in [0.1, 0.15) is 23.9 Å². The summed E-state index contributed by atoms with van der Waals surface area (Å²) in [5, 5.41) is 8.83. The molecule has 1 aromatic heterocycles. The van der Waals surface area contributed by atoms with Crippen molar-refractivity contribution in [2.75, 3.05) is 18.1 Å². The molecule has 0 unspecified atom stereocenters. The number of rotatable bonds is 9. The van der Waals surface area contributed by atoms with Gasteiger partial charge in [-0.25, -0.2) is 9.18 Å². The Bertz CT molecular complexity index is 1060. The molecule has 0 spiro atoms. The molecule has 0 atom stereocenters. The van der Waals surface area contributed by atoms with Gasteiger partial charge in [-0.2, -0.15) is 5.26 Å². The molecule has 3 aromatic rings. The third kappa shape index (κ3) is 6.18. The third-order valence-electron chi connectivity index (χ3n) is 4.20. The van der Waals surface area contributed by atoms with Crippen molar-refractivity contribution in [3.63, 3.8) is 0 Å². The SMILES string of the molecule is N#CCCN(C(=O)COC(=O)c1ccc(COc2ccc(F)cc2)o1)c1ccccc1. The summed E-state index contributed by atoms with van der Waals surface area (Å²) in [5.74, 6) is -0.887. The first-order valence-corrected chi connectivity index (χ1v) is 9.43. The first-order valence-electron chi connectivity index (χ1n) is 9.43. The molecule has 0 saturated heterocycles. The van der Waals surface area contributed by atoms with Crippen LogP contribution < -0.4 is 9.64 Å². The van der Waals surface area contributed by atoms with Gasteiger partial charge < -0.3 is 18.8 Å². The number of amides is 1. The van der Waals surface area contributed by atoms with Crippen molar-refractivity contribution in [1.29, 1.82) is 5.26 Å². The van der Waals surface area contributed by atoms with Gasteiger partial charge >= 0.3 is 5.97 Å². The monoisotopic (exact) mass is 422 g/mol. The maximum atomic E-state index is 12.9. The number of carbonyl (C=O) groups excluding carboxylic acids is 2. The lowest BCUT2D eigenvalue weighted by molar-refractivity contribution is -0.121. The van der Waals surface area contributed by atoms with Gasteiger partial charge in [0.2, 0.25) is 5.76 Å². The molecule has 31 heavy (non-hydrogen) atoms. The Hall–Kier alpha value is -4.12. The quantitative estimate of drug-likeness (QED) is 0.482. The zero-order valence-electron chi connectivity index (χ0n) is 16.5. The molecule has 1 heterocycles. The van der Waals surface area contributed by atoms with Crippen molar-refractivity contribution in [2.45, 2.75) is 13.0 Å². The minimum absolute atomic E-state index is 0.0355. The maximum Gasteiger partial charge on any atom is 0.374 e. The summed E-state index contributed by atoms with van der Waals surface area (Å²) in [5.41, 5.74) is 0.608. The second-order valence-electron chi connectivity index (χ2n) is 6.37. The smallest absolute Gasteiger partial charge is 0.374 e. The predicted molar refractivity (Wildman–Crippen MR) is 109 cm³/mol. The van der Waals surface area contributed by atoms with Crippen molar-refractivity contribution in [3.8, 4) is 11.8 Å². The molecule has 1 amide bonds. The molecule has 0 bridgehead atoms. The molecule has 0 fully saturated rings. The van der Waals surface area contributed by atoms with Crippen LogP contribution in [0.4, 0.5) is 10.1 Å². The van der Waals surface area contributed by atoms with E-state index < -0.39 is 18.5 Å². The average molecular weight is 422 g/mol. The lowest BCUT2D eigenvalue weighted by atomic mass is 10.2. The van der Waals surface area contributed by atoms with E-state index in [1.807, 2.05) is 12.1 Å². The molecule has 8 heteroatoms. The van der Waals surface area contributed by atoms with Gasteiger partial charge in [-0.1, -0.05) is 18.2 Å². The van der Waals surface area contributed by atoms with Gasteiger partial charge in [-0.3, -0.25) is 4.79 Å². The van der Waals surface area contributed by atoms with Gasteiger partial charge in [0.25, 0.3) is 5.91 Å². The Morgan fingerprint density at radius 3 is 2.48 bits per heavy atom. The highest BCUT2D eigenvalue weighted by molar-refractivity contribution is 5.96. The fourth-order valence-corrected chi connectivity index (χ4v) is 2.69. The predicted octanol–water partition coefficient (Wildman–Crippen LogP) is 4.10. The highest BCUT2D eigenvalue weighted by atomic mass is 19.1. The molecule has 0 N–H and O–H groups in total. The Labute approximate surface area is 178 Å². The molecule has 0 aliphatic carbocycles. The molecule has 0 saturated carbocycles. The van der Waals surface area contributed by atoms with Crippen LogP contribution in [0.15, 0.2) is 71.1 Å². The fraction of sp³-hybridized carbons (Fsp3) is 0.174. The van der Waals surface area contributed by atoms with Crippen LogP contribution in [-0.2, 0) is 16.1 Å². The van der Waals surface area contributed by atoms with Crippen molar-refractivity contribution in [1.82, 2.24) is 0 Å². The number of nitriles is 1. The molecule has 0 aliphatic heterocycles. The fourth-order valence-electron chi connectivity index (χ4n) is 2.69. The summed E-state index contributed by atoms with van der Waals surface area (Å²) in [6.45, 7) is -0.280. The summed E-state index contributed by atoms with van der Waals surface area (Å²) in [6.07, 6.45) is 0.143. The summed E-state index contributed by atoms with van der Waals surface area (Å²) >= 11 is 0. The van der Waals surface area contributed by atoms with Crippen LogP contribution in [0.5, 0.6) is 5.75 Å². The van der Waals surface area contributed by atoms with E-state index >= 15 is 0 Å². The zero-order chi connectivity index (χ0) is 22.1. The van der Waals surface area contributed by atoms with E-state index in [0.717, 1.165) is 0 Å². The Morgan fingerprint density at radius 1 is 1.03 bits per heavy atom. The Kier molecular flexibility index (Phi) is 7.38. The number of benzene rings is 2. The number of furan rings is 1. The van der Waals surface area contributed by atoms with E-state index in [4.69, 9.17) is 19.2 Å². The number of hydrogen-bond donors (Lipinski definition) is 0. The lowest BCUT2D eigenvalue weighted by Gasteiger charge is -2.21. The first-order chi connectivity index (χ1) is 15.1. The molecule has 0 radical (unpaired) electrons. The van der Waals surface area contributed by atoms with E-state index in [0.29, 0.717) is 17.2 Å². The number of carbonyl (C=O) groups is 2. The number of para-hydroxylation sites is 1. The third-order valence-corrected chi connectivity index (χ3v) is 4.20. The summed E-state index contributed by atoms with van der Waals surface area (Å²) in [6, 6.07) is 19.3. The summed E-state index contributed by atoms with van der Waals surface area (Å²) < 4.78 is 28.8. The Balaban J connectivity index is 1.54. The number of halogens is 1. The normalized spacial score (nSPS) is 10.2. The minimum Gasteiger partial charge on any atom is -0.486 e. The molecular weight excluding hydrogens is 403 g/mol. The Morgan fingerprint density at radius 2 is 1.77 bits per heavy atom. The first kappa shape index (κ1) is 21.6. The van der Waals surface area contributed by atoms with Crippen LogP contribution in [0, 0.1) is 17.1 Å². The minimum atomic E-state index is -0.797. The standard InChI is InChI=1S/C23H19FN2O5/c24-17-7-9-19(10-8-17)29-15-20-11-12-21(31-20)23(28)30-16-22(27)26(14-4-13-25)18-5-2-1-3-6-18/h1-3,5-12H,4,14-16H2. The number of anilines is 1. The highest BCUT2D eigenvalue weighted by Crippen LogP contribution is 2.17. The molecule has 7 nitrogen and oxygen atoms in total. The summed E-state index contributed by atoms with van der Waals surface area (Å²) in [7, 11) is 0. The maximum absolute atomic E-state index is 12.9. The molecule has 158 valence electrons. The number of nitrogens with zero attached hydrogens (tertiary/aromatic N) is 2. The van der Waals surface area contributed by atoms with Crippen LogP contribution in [0.25, 0.3) is 0 Å². The number of ether oxygens (including phenoxy) is 2. The van der Waals surface area contributed by atoms with Crippen LogP contribution in [0.3, 0.4) is 0 Å². The van der Waals surface area contributed by atoms with Crippen molar-refractivity contribution in [2.24, 2.45) is 0 Å². The van der Waals surface area contributed by atoms with E-state index in [2.05, 4.69) is 0 Å². The largest absolute Gasteiger partial charge is 0.486 e.